The zero-order valence-electron chi connectivity index (χ0n) is 8.01. The molecule has 3 nitrogen and oxygen atoms in total. The number of fused-ring (bicyclic) bond motifs is 1. The minimum Gasteiger partial charge on any atom is -0.350 e. The first kappa shape index (κ1) is 9.68. The summed E-state index contributed by atoms with van der Waals surface area (Å²) in [5.74, 6) is -0.0847. The highest BCUT2D eigenvalue weighted by atomic mass is 32.1. The van der Waals surface area contributed by atoms with Crippen LogP contribution in [0.3, 0.4) is 0 Å². The van der Waals surface area contributed by atoms with E-state index in [-0.39, 0.29) is 12.5 Å². The van der Waals surface area contributed by atoms with Gasteiger partial charge in [0, 0.05) is 9.75 Å². The van der Waals surface area contributed by atoms with Crippen LogP contribution in [-0.4, -0.2) is 12.5 Å². The highest BCUT2D eigenvalue weighted by Crippen LogP contribution is 2.30. The average molecular weight is 210 g/mol. The van der Waals surface area contributed by atoms with Gasteiger partial charge in [-0.25, -0.2) is 0 Å². The van der Waals surface area contributed by atoms with Gasteiger partial charge in [0.1, 0.15) is 0 Å². The van der Waals surface area contributed by atoms with Gasteiger partial charge in [0.05, 0.1) is 13.1 Å². The van der Waals surface area contributed by atoms with Crippen LogP contribution in [0.25, 0.3) is 0 Å². The molecule has 0 atom stereocenters. The molecule has 76 valence electrons. The summed E-state index contributed by atoms with van der Waals surface area (Å²) in [6.07, 6.45) is 3.71. The summed E-state index contributed by atoms with van der Waals surface area (Å²) in [6, 6.07) is 2.21. The summed E-state index contributed by atoms with van der Waals surface area (Å²) in [5, 5.41) is 2.78. The number of hydrogen-bond acceptors (Lipinski definition) is 3. The summed E-state index contributed by atoms with van der Waals surface area (Å²) < 4.78 is 0. The van der Waals surface area contributed by atoms with Gasteiger partial charge in [-0.05, 0) is 30.9 Å². The molecular weight excluding hydrogens is 196 g/mol. The monoisotopic (exact) mass is 210 g/mol. The Morgan fingerprint density at radius 3 is 3.14 bits per heavy atom. The largest absolute Gasteiger partial charge is 0.350 e. The topological polar surface area (TPSA) is 55.1 Å². The van der Waals surface area contributed by atoms with E-state index in [1.165, 1.54) is 34.6 Å². The lowest BCUT2D eigenvalue weighted by atomic mass is 10.2. The fourth-order valence-electron chi connectivity index (χ4n) is 1.74. The predicted molar refractivity (Wildman–Crippen MR) is 57.2 cm³/mol. The third-order valence-electron chi connectivity index (χ3n) is 2.44. The van der Waals surface area contributed by atoms with E-state index in [0.717, 1.165) is 0 Å². The van der Waals surface area contributed by atoms with Crippen LogP contribution in [0, 0.1) is 0 Å². The van der Waals surface area contributed by atoms with Gasteiger partial charge in [-0.2, -0.15) is 0 Å². The smallest absolute Gasteiger partial charge is 0.234 e. The van der Waals surface area contributed by atoms with Gasteiger partial charge in [-0.3, -0.25) is 4.79 Å². The van der Waals surface area contributed by atoms with Crippen LogP contribution in [0.1, 0.15) is 21.7 Å². The van der Waals surface area contributed by atoms with E-state index < -0.39 is 0 Å². The van der Waals surface area contributed by atoms with Gasteiger partial charge in [0.15, 0.2) is 0 Å². The molecular formula is C10H14N2OS. The Balaban J connectivity index is 1.94. The number of aryl methyl sites for hydroxylation is 2. The number of rotatable bonds is 3. The molecule has 1 aliphatic rings. The molecule has 0 radical (unpaired) electrons. The number of thiophene rings is 1. The average Bonchev–Trinajstić information content (AvgIpc) is 2.73. The van der Waals surface area contributed by atoms with Gasteiger partial charge in [-0.1, -0.05) is 0 Å². The molecule has 1 amide bonds. The van der Waals surface area contributed by atoms with Crippen molar-refractivity contribution in [1.82, 2.24) is 5.32 Å². The van der Waals surface area contributed by atoms with Crippen molar-refractivity contribution >= 4 is 17.2 Å². The molecule has 0 aliphatic heterocycles. The SMILES string of the molecule is NCC(=O)NCc1cc2c(s1)CCC2. The normalized spacial score (nSPS) is 14.1. The molecule has 14 heavy (non-hydrogen) atoms. The Kier molecular flexibility index (Phi) is 2.84. The van der Waals surface area contributed by atoms with Crippen LogP contribution in [0.2, 0.25) is 0 Å². The van der Waals surface area contributed by atoms with Crippen molar-refractivity contribution in [2.24, 2.45) is 5.73 Å². The van der Waals surface area contributed by atoms with Gasteiger partial charge < -0.3 is 11.1 Å². The Morgan fingerprint density at radius 2 is 2.43 bits per heavy atom. The van der Waals surface area contributed by atoms with Crippen molar-refractivity contribution in [1.29, 1.82) is 0 Å². The molecule has 1 aliphatic carbocycles. The Bertz CT molecular complexity index is 324. The standard InChI is InChI=1S/C10H14N2OS/c11-5-10(13)12-6-8-4-7-2-1-3-9(7)14-8/h4H,1-3,5-6,11H2,(H,12,13). The van der Waals surface area contributed by atoms with Crippen molar-refractivity contribution in [2.45, 2.75) is 25.8 Å². The zero-order valence-corrected chi connectivity index (χ0v) is 8.82. The highest BCUT2D eigenvalue weighted by Gasteiger charge is 2.14. The molecule has 4 heteroatoms. The third-order valence-corrected chi connectivity index (χ3v) is 3.68. The van der Waals surface area contributed by atoms with Gasteiger partial charge in [0.25, 0.3) is 0 Å². The van der Waals surface area contributed by atoms with Crippen molar-refractivity contribution < 1.29 is 4.79 Å². The first-order valence-corrected chi connectivity index (χ1v) is 5.68. The lowest BCUT2D eigenvalue weighted by Gasteiger charge is -2.00. The summed E-state index contributed by atoms with van der Waals surface area (Å²) in [4.78, 5) is 13.7. The minimum atomic E-state index is -0.0847. The molecule has 0 unspecified atom stereocenters. The predicted octanol–water partition coefficient (Wildman–Crippen LogP) is 0.812. The second-order valence-corrected chi connectivity index (χ2v) is 4.72. The van der Waals surface area contributed by atoms with E-state index in [2.05, 4.69) is 11.4 Å². The highest BCUT2D eigenvalue weighted by molar-refractivity contribution is 7.12. The van der Waals surface area contributed by atoms with E-state index in [9.17, 15) is 4.79 Å². The van der Waals surface area contributed by atoms with E-state index >= 15 is 0 Å². The zero-order chi connectivity index (χ0) is 9.97. The van der Waals surface area contributed by atoms with Gasteiger partial charge in [0.2, 0.25) is 5.91 Å². The molecule has 3 N–H and O–H groups in total. The van der Waals surface area contributed by atoms with Crippen molar-refractivity contribution in [3.05, 3.63) is 21.4 Å². The van der Waals surface area contributed by atoms with Crippen molar-refractivity contribution in [2.75, 3.05) is 6.54 Å². The molecule has 0 spiro atoms. The molecule has 0 saturated heterocycles. The molecule has 0 fully saturated rings. The Hall–Kier alpha value is -0.870. The first-order valence-electron chi connectivity index (χ1n) is 4.87. The third kappa shape index (κ3) is 1.96. The lowest BCUT2D eigenvalue weighted by Crippen LogP contribution is -2.29. The van der Waals surface area contributed by atoms with Crippen LogP contribution in [-0.2, 0) is 24.2 Å². The van der Waals surface area contributed by atoms with E-state index in [4.69, 9.17) is 5.73 Å². The van der Waals surface area contributed by atoms with E-state index in [0.29, 0.717) is 6.54 Å². The second kappa shape index (κ2) is 4.11. The fourth-order valence-corrected chi connectivity index (χ4v) is 2.94. The van der Waals surface area contributed by atoms with Crippen LogP contribution in [0.15, 0.2) is 6.07 Å². The maximum atomic E-state index is 10.9. The first-order chi connectivity index (χ1) is 6.79. The van der Waals surface area contributed by atoms with Gasteiger partial charge in [-0.15, -0.1) is 11.3 Å². The van der Waals surface area contributed by atoms with E-state index in [1.54, 1.807) is 0 Å². The minimum absolute atomic E-state index is 0.0745. The number of carbonyl (C=O) groups excluding carboxylic acids is 1. The molecule has 0 saturated carbocycles. The summed E-state index contributed by atoms with van der Waals surface area (Å²) in [5.41, 5.74) is 6.68. The Labute approximate surface area is 87.3 Å². The summed E-state index contributed by atoms with van der Waals surface area (Å²) >= 11 is 1.82. The van der Waals surface area contributed by atoms with Crippen molar-refractivity contribution in [3.8, 4) is 0 Å². The van der Waals surface area contributed by atoms with E-state index in [1.807, 2.05) is 11.3 Å². The molecule has 1 aromatic rings. The Morgan fingerprint density at radius 1 is 1.57 bits per heavy atom. The maximum Gasteiger partial charge on any atom is 0.234 e. The quantitative estimate of drug-likeness (QED) is 0.775. The fraction of sp³-hybridized carbons (Fsp3) is 0.500. The molecule has 1 aromatic heterocycles. The lowest BCUT2D eigenvalue weighted by molar-refractivity contribution is -0.119. The maximum absolute atomic E-state index is 10.9. The number of amides is 1. The van der Waals surface area contributed by atoms with Gasteiger partial charge >= 0.3 is 0 Å². The summed E-state index contributed by atoms with van der Waals surface area (Å²) in [7, 11) is 0. The molecule has 0 aromatic carbocycles. The molecule has 0 bridgehead atoms. The second-order valence-electron chi connectivity index (χ2n) is 3.50. The summed E-state index contributed by atoms with van der Waals surface area (Å²) in [6.45, 7) is 0.707. The van der Waals surface area contributed by atoms with Crippen LogP contribution in [0.4, 0.5) is 0 Å². The molecule has 2 rings (SSSR count). The number of hydrogen-bond donors (Lipinski definition) is 2. The molecule has 1 heterocycles. The number of nitrogens with one attached hydrogen (secondary N) is 1. The number of nitrogens with two attached hydrogens (primary N) is 1. The van der Waals surface area contributed by atoms with Crippen molar-refractivity contribution in [3.63, 3.8) is 0 Å². The van der Waals surface area contributed by atoms with Crippen LogP contribution < -0.4 is 11.1 Å². The number of carbonyl (C=O) groups is 1. The van der Waals surface area contributed by atoms with Crippen LogP contribution in [0.5, 0.6) is 0 Å². The van der Waals surface area contributed by atoms with Crippen LogP contribution >= 0.6 is 11.3 Å².